The van der Waals surface area contributed by atoms with Gasteiger partial charge in [0.25, 0.3) is 5.91 Å². The molecule has 2 aromatic carbocycles. The van der Waals surface area contributed by atoms with E-state index in [1.807, 2.05) is 38.1 Å². The van der Waals surface area contributed by atoms with Gasteiger partial charge in [0.1, 0.15) is 11.6 Å². The van der Waals surface area contributed by atoms with Gasteiger partial charge in [-0.3, -0.25) is 4.79 Å². The average Bonchev–Trinajstić information content (AvgIpc) is 2.67. The molecule has 0 radical (unpaired) electrons. The molecule has 1 aliphatic rings. The molecule has 0 aromatic heterocycles. The number of hydrogen-bond donors (Lipinski definition) is 1. The molecule has 1 atom stereocenters. The molecular weight excluding hydrogens is 382 g/mol. The molecule has 1 N–H and O–H groups in total. The molecule has 0 fully saturated rings. The molecule has 4 nitrogen and oxygen atoms in total. The smallest absolute Gasteiger partial charge is 0.266 e. The minimum Gasteiger partial charge on any atom is -0.364 e. The van der Waals surface area contributed by atoms with Gasteiger partial charge in [-0.2, -0.15) is 5.26 Å². The van der Waals surface area contributed by atoms with Crippen LogP contribution < -0.4 is 10.2 Å². The minimum absolute atomic E-state index is 0.0795. The third-order valence-electron chi connectivity index (χ3n) is 6.15. The van der Waals surface area contributed by atoms with Gasteiger partial charge in [0.05, 0.1) is 0 Å². The zero-order valence-electron chi connectivity index (χ0n) is 19.7. The van der Waals surface area contributed by atoms with Crippen molar-refractivity contribution in [3.05, 3.63) is 64.2 Å². The van der Waals surface area contributed by atoms with Crippen molar-refractivity contribution in [2.75, 3.05) is 10.2 Å². The molecule has 3 rings (SSSR count). The Balaban J connectivity index is 1.98. The maximum atomic E-state index is 12.7. The van der Waals surface area contributed by atoms with Crippen LogP contribution in [0.15, 0.2) is 42.0 Å². The van der Waals surface area contributed by atoms with E-state index < -0.39 is 0 Å². The van der Waals surface area contributed by atoms with Crippen LogP contribution >= 0.6 is 0 Å². The minimum atomic E-state index is -0.388. The lowest BCUT2D eigenvalue weighted by Gasteiger charge is -2.50. The normalized spacial score (nSPS) is 17.8. The van der Waals surface area contributed by atoms with Crippen LogP contribution in [0.3, 0.4) is 0 Å². The Morgan fingerprint density at radius 2 is 1.87 bits per heavy atom. The van der Waals surface area contributed by atoms with Gasteiger partial charge in [-0.05, 0) is 101 Å². The molecule has 1 heterocycles. The summed E-state index contributed by atoms with van der Waals surface area (Å²) in [4.78, 5) is 15.2. The van der Waals surface area contributed by atoms with Crippen molar-refractivity contribution in [3.8, 4) is 6.07 Å². The number of anilines is 2. The number of carbonyl (C=O) groups is 1. The highest BCUT2D eigenvalue weighted by molar-refractivity contribution is 6.09. The van der Waals surface area contributed by atoms with E-state index in [-0.39, 0.29) is 17.0 Å². The van der Waals surface area contributed by atoms with Gasteiger partial charge in [0, 0.05) is 23.0 Å². The maximum absolute atomic E-state index is 12.7. The number of nitrogens with zero attached hydrogens (tertiary/aromatic N) is 2. The van der Waals surface area contributed by atoms with Crippen LogP contribution in [0.5, 0.6) is 0 Å². The van der Waals surface area contributed by atoms with E-state index in [9.17, 15) is 10.1 Å². The van der Waals surface area contributed by atoms with Gasteiger partial charge in [0.15, 0.2) is 0 Å². The summed E-state index contributed by atoms with van der Waals surface area (Å²) in [7, 11) is 0. The summed E-state index contributed by atoms with van der Waals surface area (Å²) in [5.74, 6) is 0.0149. The lowest BCUT2D eigenvalue weighted by atomic mass is 9.78. The lowest BCUT2D eigenvalue weighted by molar-refractivity contribution is -0.112. The first kappa shape index (κ1) is 22.6. The van der Waals surface area contributed by atoms with Crippen molar-refractivity contribution in [2.24, 2.45) is 0 Å². The number of hydrogen-bond acceptors (Lipinski definition) is 3. The Bertz CT molecular complexity index is 1060. The number of aryl methyl sites for hydroxylation is 2. The molecule has 0 saturated heterocycles. The highest BCUT2D eigenvalue weighted by atomic mass is 16.1. The predicted molar refractivity (Wildman–Crippen MR) is 129 cm³/mol. The van der Waals surface area contributed by atoms with Crippen molar-refractivity contribution >= 4 is 23.4 Å². The number of nitriles is 1. The van der Waals surface area contributed by atoms with Gasteiger partial charge in [-0.1, -0.05) is 24.6 Å². The fourth-order valence-corrected chi connectivity index (χ4v) is 4.89. The van der Waals surface area contributed by atoms with Crippen LogP contribution in [-0.2, 0) is 4.79 Å². The summed E-state index contributed by atoms with van der Waals surface area (Å²) in [6.45, 7) is 15.4. The average molecular weight is 416 g/mol. The maximum Gasteiger partial charge on any atom is 0.266 e. The van der Waals surface area contributed by atoms with E-state index in [4.69, 9.17) is 0 Å². The molecule has 2 aromatic rings. The molecular formula is C27H33N3O. The quantitative estimate of drug-likeness (QED) is 0.467. The zero-order valence-corrected chi connectivity index (χ0v) is 19.7. The van der Waals surface area contributed by atoms with Crippen LogP contribution in [0.1, 0.15) is 69.2 Å². The summed E-state index contributed by atoms with van der Waals surface area (Å²) < 4.78 is 0. The van der Waals surface area contributed by atoms with Crippen LogP contribution in [-0.4, -0.2) is 17.5 Å². The number of carbonyl (C=O) groups excluding carboxylic acids is 1. The fraction of sp³-hybridized carbons (Fsp3) is 0.407. The molecule has 0 spiro atoms. The zero-order chi connectivity index (χ0) is 22.9. The Kier molecular flexibility index (Phi) is 6.27. The third kappa shape index (κ3) is 4.66. The standard InChI is InChI=1S/C27H33N3O/c1-17(2)30-25-12-19(4)21(14-24(25)20(5)15-27(30,6)7)13-22(16-28)26(31)29-23-10-8-18(3)9-11-23/h8-14,17,20H,15H2,1-7H3,(H,29,31)/b22-13-/t20-/m0/s1. The molecule has 0 bridgehead atoms. The molecule has 0 unspecified atom stereocenters. The third-order valence-corrected chi connectivity index (χ3v) is 6.15. The van der Waals surface area contributed by atoms with Crippen molar-refractivity contribution < 1.29 is 4.79 Å². The van der Waals surface area contributed by atoms with Crippen LogP contribution in [0, 0.1) is 25.2 Å². The number of nitrogens with one attached hydrogen (secondary N) is 1. The topological polar surface area (TPSA) is 56.1 Å². The van der Waals surface area contributed by atoms with E-state index >= 15 is 0 Å². The van der Waals surface area contributed by atoms with Crippen molar-refractivity contribution in [1.82, 2.24) is 0 Å². The molecule has 31 heavy (non-hydrogen) atoms. The van der Waals surface area contributed by atoms with Crippen LogP contribution in [0.4, 0.5) is 11.4 Å². The molecule has 162 valence electrons. The highest BCUT2D eigenvalue weighted by Gasteiger charge is 2.37. The summed E-state index contributed by atoms with van der Waals surface area (Å²) in [5, 5.41) is 12.5. The van der Waals surface area contributed by atoms with Crippen molar-refractivity contribution in [2.45, 2.75) is 72.4 Å². The Morgan fingerprint density at radius 3 is 2.45 bits per heavy atom. The van der Waals surface area contributed by atoms with Crippen LogP contribution in [0.25, 0.3) is 6.08 Å². The summed E-state index contributed by atoms with van der Waals surface area (Å²) in [6, 6.07) is 14.4. The van der Waals surface area contributed by atoms with E-state index in [0.717, 1.165) is 23.1 Å². The fourth-order valence-electron chi connectivity index (χ4n) is 4.89. The number of benzene rings is 2. The number of rotatable bonds is 4. The first-order valence-electron chi connectivity index (χ1n) is 11.0. The highest BCUT2D eigenvalue weighted by Crippen LogP contribution is 2.45. The van der Waals surface area contributed by atoms with E-state index in [0.29, 0.717) is 17.6 Å². The molecule has 4 heteroatoms. The Morgan fingerprint density at radius 1 is 1.23 bits per heavy atom. The Labute approximate surface area is 186 Å². The first-order valence-corrected chi connectivity index (χ1v) is 11.0. The van der Waals surface area contributed by atoms with Crippen LogP contribution in [0.2, 0.25) is 0 Å². The molecule has 1 aliphatic heterocycles. The first-order chi connectivity index (χ1) is 14.5. The summed E-state index contributed by atoms with van der Waals surface area (Å²) in [5.41, 5.74) is 6.50. The SMILES string of the molecule is Cc1ccc(NC(=O)/C(C#N)=C\c2cc3c(cc2C)N(C(C)C)C(C)(C)C[C@@H]3C)cc1. The number of amides is 1. The van der Waals surface area contributed by atoms with E-state index in [1.165, 1.54) is 11.3 Å². The summed E-state index contributed by atoms with van der Waals surface area (Å²) in [6.07, 6.45) is 2.77. The second-order valence-corrected chi connectivity index (χ2v) is 9.64. The Hall–Kier alpha value is -3.06. The van der Waals surface area contributed by atoms with Crippen molar-refractivity contribution in [3.63, 3.8) is 0 Å². The monoisotopic (exact) mass is 415 g/mol. The largest absolute Gasteiger partial charge is 0.364 e. The summed E-state index contributed by atoms with van der Waals surface area (Å²) >= 11 is 0. The second-order valence-electron chi connectivity index (χ2n) is 9.64. The van der Waals surface area contributed by atoms with Gasteiger partial charge in [-0.25, -0.2) is 0 Å². The van der Waals surface area contributed by atoms with E-state index in [1.54, 1.807) is 6.08 Å². The van der Waals surface area contributed by atoms with Gasteiger partial charge in [-0.15, -0.1) is 0 Å². The number of fused-ring (bicyclic) bond motifs is 1. The van der Waals surface area contributed by atoms with Gasteiger partial charge in [0.2, 0.25) is 0 Å². The molecule has 1 amide bonds. The predicted octanol–water partition coefficient (Wildman–Crippen LogP) is 6.35. The van der Waals surface area contributed by atoms with E-state index in [2.05, 4.69) is 63.0 Å². The molecule has 0 saturated carbocycles. The van der Waals surface area contributed by atoms with Gasteiger partial charge >= 0.3 is 0 Å². The van der Waals surface area contributed by atoms with Gasteiger partial charge < -0.3 is 10.2 Å². The molecule has 0 aliphatic carbocycles. The van der Waals surface area contributed by atoms with Crippen molar-refractivity contribution in [1.29, 1.82) is 5.26 Å². The lowest BCUT2D eigenvalue weighted by Crippen LogP contribution is -2.51. The second kappa shape index (κ2) is 8.59.